The summed E-state index contributed by atoms with van der Waals surface area (Å²) in [5.74, 6) is -3.99. The maximum absolute atomic E-state index is 13.1. The molecule has 3 atom stereocenters. The summed E-state index contributed by atoms with van der Waals surface area (Å²) in [6.45, 7) is 4.98. The molecule has 1 heterocycles. The second kappa shape index (κ2) is 14.7. The molecule has 0 aromatic heterocycles. The van der Waals surface area contributed by atoms with E-state index >= 15 is 0 Å². The van der Waals surface area contributed by atoms with Gasteiger partial charge in [-0.3, -0.25) is 14.3 Å². The van der Waals surface area contributed by atoms with Crippen LogP contribution in [0.25, 0.3) is 0 Å². The molecular formula is C30H42N4O9S. The molecule has 14 heteroatoms. The van der Waals surface area contributed by atoms with Gasteiger partial charge in [-0.2, -0.15) is 0 Å². The molecule has 1 amide bonds. The molecule has 242 valence electrons. The Kier molecular flexibility index (Phi) is 11.6. The third kappa shape index (κ3) is 8.83. The van der Waals surface area contributed by atoms with Crippen LogP contribution >= 0.6 is 0 Å². The van der Waals surface area contributed by atoms with E-state index < -0.39 is 45.4 Å². The number of aliphatic hydroxyl groups excluding tert-OH is 1. The number of nitrogens with zero attached hydrogens (tertiary/aromatic N) is 1. The first-order chi connectivity index (χ1) is 20.7. The molecule has 2 aromatic rings. The van der Waals surface area contributed by atoms with Gasteiger partial charge in [-0.15, -0.1) is 0 Å². The van der Waals surface area contributed by atoms with Crippen LogP contribution in [-0.2, 0) is 19.6 Å². The minimum Gasteiger partial charge on any atom is -0.506 e. The largest absolute Gasteiger partial charge is 0.506 e. The van der Waals surface area contributed by atoms with Crippen LogP contribution in [0.1, 0.15) is 68.0 Å². The second-order valence-electron chi connectivity index (χ2n) is 11.2. The summed E-state index contributed by atoms with van der Waals surface area (Å²) in [5.41, 5.74) is -0.0893. The van der Waals surface area contributed by atoms with Gasteiger partial charge in [-0.25, -0.2) is 13.2 Å². The Bertz CT molecular complexity index is 1430. The maximum atomic E-state index is 13.1. The van der Waals surface area contributed by atoms with Crippen molar-refractivity contribution in [3.63, 3.8) is 0 Å². The van der Waals surface area contributed by atoms with Crippen LogP contribution in [0.5, 0.6) is 5.75 Å². The van der Waals surface area contributed by atoms with Crippen LogP contribution in [0.15, 0.2) is 42.5 Å². The quantitative estimate of drug-likeness (QED) is 0.142. The average molecular weight is 635 g/mol. The van der Waals surface area contributed by atoms with Crippen molar-refractivity contribution >= 4 is 39.2 Å². The van der Waals surface area contributed by atoms with Gasteiger partial charge in [0.2, 0.25) is 10.0 Å². The van der Waals surface area contributed by atoms with E-state index in [1.54, 1.807) is 38.1 Å². The standard InChI is InChI=1S/C30H42N4O9S/c1-4-21(17-27(37)38)30(5-2,29(40)41)32-28(39)19-6-9-23(10-7-19)34-14-12-22(13-15-34)31-18-26(36)20-8-11-25(35)24(16-20)33-44(3,42)43/h6-11,16,21-22,26,31,33,35-36H,4-5,12-15,17-18H2,1-3H3,(H,32,39)(H,37,38)(H,40,41)/t21?,26-,30-/m0/s1. The van der Waals surface area contributed by atoms with Crippen molar-refractivity contribution in [3.05, 3.63) is 53.6 Å². The SMILES string of the molecule is CCC(CC(=O)O)[C@](CC)(NC(=O)c1ccc(N2CCC(NC[C@H](O)c3ccc(O)c(NS(C)(=O)=O)c3)CC2)cc1)C(=O)O. The van der Waals surface area contributed by atoms with Crippen molar-refractivity contribution in [2.24, 2.45) is 5.92 Å². The molecule has 0 bridgehead atoms. The maximum Gasteiger partial charge on any atom is 0.329 e. The highest BCUT2D eigenvalue weighted by atomic mass is 32.2. The monoisotopic (exact) mass is 634 g/mol. The van der Waals surface area contributed by atoms with Crippen LogP contribution < -0.4 is 20.3 Å². The molecule has 1 saturated heterocycles. The summed E-state index contributed by atoms with van der Waals surface area (Å²) in [5, 5.41) is 45.8. The van der Waals surface area contributed by atoms with E-state index in [0.717, 1.165) is 24.8 Å². The van der Waals surface area contributed by atoms with E-state index in [4.69, 9.17) is 0 Å². The number of carbonyl (C=O) groups excluding carboxylic acids is 1. The van der Waals surface area contributed by atoms with Crippen molar-refractivity contribution in [2.45, 2.75) is 63.6 Å². The Morgan fingerprint density at radius 3 is 2.20 bits per heavy atom. The summed E-state index contributed by atoms with van der Waals surface area (Å²) >= 11 is 0. The predicted octanol–water partition coefficient (Wildman–Crippen LogP) is 2.52. The zero-order valence-corrected chi connectivity index (χ0v) is 25.9. The highest BCUT2D eigenvalue weighted by Crippen LogP contribution is 2.30. The van der Waals surface area contributed by atoms with E-state index in [2.05, 4.69) is 20.3 Å². The van der Waals surface area contributed by atoms with Crippen LogP contribution in [-0.4, -0.2) is 84.2 Å². The van der Waals surface area contributed by atoms with Gasteiger partial charge in [-0.05, 0) is 67.6 Å². The number of phenols is 1. The number of aromatic hydroxyl groups is 1. The lowest BCUT2D eigenvalue weighted by molar-refractivity contribution is -0.149. The van der Waals surface area contributed by atoms with Crippen molar-refractivity contribution in [3.8, 4) is 5.75 Å². The number of hydrogen-bond acceptors (Lipinski definition) is 9. The van der Waals surface area contributed by atoms with Crippen LogP contribution in [0.2, 0.25) is 0 Å². The van der Waals surface area contributed by atoms with Crippen LogP contribution in [0.4, 0.5) is 11.4 Å². The summed E-state index contributed by atoms with van der Waals surface area (Å²) in [4.78, 5) is 38.8. The molecule has 7 N–H and O–H groups in total. The number of carboxylic acids is 2. The highest BCUT2D eigenvalue weighted by molar-refractivity contribution is 7.92. The van der Waals surface area contributed by atoms with Crippen molar-refractivity contribution in [1.82, 2.24) is 10.6 Å². The number of aliphatic hydroxyl groups is 1. The first kappa shape index (κ1) is 34.6. The average Bonchev–Trinajstić information content (AvgIpc) is 2.98. The molecular weight excluding hydrogens is 592 g/mol. The Morgan fingerprint density at radius 2 is 1.68 bits per heavy atom. The van der Waals surface area contributed by atoms with E-state index in [9.17, 15) is 43.2 Å². The Balaban J connectivity index is 1.56. The topological polar surface area (TPSA) is 206 Å². The minimum absolute atomic E-state index is 0.00392. The third-order valence-corrected chi connectivity index (χ3v) is 8.77. The van der Waals surface area contributed by atoms with E-state index in [-0.39, 0.29) is 48.8 Å². The molecule has 13 nitrogen and oxygen atoms in total. The van der Waals surface area contributed by atoms with Gasteiger partial charge in [0.05, 0.1) is 24.5 Å². The fraction of sp³-hybridized carbons (Fsp3) is 0.500. The van der Waals surface area contributed by atoms with Gasteiger partial charge in [0.25, 0.3) is 5.91 Å². The van der Waals surface area contributed by atoms with Crippen LogP contribution in [0.3, 0.4) is 0 Å². The predicted molar refractivity (Wildman–Crippen MR) is 165 cm³/mol. The van der Waals surface area contributed by atoms with Gasteiger partial charge in [0.15, 0.2) is 0 Å². The number of aliphatic carboxylic acids is 2. The lowest BCUT2D eigenvalue weighted by Gasteiger charge is -2.36. The van der Waals surface area contributed by atoms with Gasteiger partial charge < -0.3 is 36.0 Å². The third-order valence-electron chi connectivity index (χ3n) is 8.18. The van der Waals surface area contributed by atoms with Gasteiger partial charge in [0.1, 0.15) is 11.3 Å². The van der Waals surface area contributed by atoms with Gasteiger partial charge >= 0.3 is 11.9 Å². The van der Waals surface area contributed by atoms with E-state index in [1.165, 1.54) is 18.2 Å². The van der Waals surface area contributed by atoms with E-state index in [0.29, 0.717) is 18.7 Å². The highest BCUT2D eigenvalue weighted by Gasteiger charge is 2.46. The van der Waals surface area contributed by atoms with Crippen LogP contribution in [0, 0.1) is 5.92 Å². The molecule has 0 aliphatic carbocycles. The summed E-state index contributed by atoms with van der Waals surface area (Å²) in [6.07, 6.45) is 1.55. The second-order valence-corrected chi connectivity index (χ2v) is 12.9. The molecule has 2 aromatic carbocycles. The Hall–Kier alpha value is -3.88. The first-order valence-electron chi connectivity index (χ1n) is 14.5. The molecule has 1 unspecified atom stereocenters. The summed E-state index contributed by atoms with van der Waals surface area (Å²) < 4.78 is 25.3. The molecule has 1 aliphatic rings. The van der Waals surface area contributed by atoms with Gasteiger partial charge in [0, 0.05) is 42.8 Å². The van der Waals surface area contributed by atoms with Gasteiger partial charge in [-0.1, -0.05) is 19.9 Å². The van der Waals surface area contributed by atoms with Crippen molar-refractivity contribution in [1.29, 1.82) is 0 Å². The number of benzene rings is 2. The summed E-state index contributed by atoms with van der Waals surface area (Å²) in [7, 11) is -3.60. The molecule has 44 heavy (non-hydrogen) atoms. The van der Waals surface area contributed by atoms with Crippen molar-refractivity contribution < 1.29 is 43.2 Å². The molecule has 1 fully saturated rings. The number of phenolic OH excluding ortho intramolecular Hbond substituents is 1. The molecule has 0 saturated carbocycles. The molecule has 3 rings (SSSR count). The Morgan fingerprint density at radius 1 is 1.05 bits per heavy atom. The number of carboxylic acid groups (broad SMARTS) is 2. The minimum atomic E-state index is -3.60. The smallest absolute Gasteiger partial charge is 0.329 e. The van der Waals surface area contributed by atoms with E-state index in [1.807, 2.05) is 0 Å². The summed E-state index contributed by atoms with van der Waals surface area (Å²) in [6, 6.07) is 11.2. The number of rotatable bonds is 15. The molecule has 0 spiro atoms. The number of amides is 1. The number of anilines is 2. The zero-order valence-electron chi connectivity index (χ0n) is 25.1. The number of nitrogens with one attached hydrogen (secondary N) is 3. The fourth-order valence-electron chi connectivity index (χ4n) is 5.62. The number of piperidine rings is 1. The fourth-order valence-corrected chi connectivity index (χ4v) is 6.18. The lowest BCUT2D eigenvalue weighted by Crippen LogP contribution is -2.59. The number of hydrogen-bond donors (Lipinski definition) is 7. The number of sulfonamides is 1. The zero-order chi connectivity index (χ0) is 32.7. The molecule has 1 aliphatic heterocycles. The Labute approximate surface area is 257 Å². The lowest BCUT2D eigenvalue weighted by atomic mass is 9.77. The van der Waals surface area contributed by atoms with Crippen molar-refractivity contribution in [2.75, 3.05) is 35.5 Å². The normalized spacial score (nSPS) is 16.9. The molecule has 0 radical (unpaired) electrons. The first-order valence-corrected chi connectivity index (χ1v) is 16.4. The number of carbonyl (C=O) groups is 3.